The number of rotatable bonds is 17. The van der Waals surface area contributed by atoms with Crippen molar-refractivity contribution in [3.05, 3.63) is 572 Å². The molecule has 4 aliphatic rings. The monoisotopic (exact) mass is 1900 g/mol. The lowest BCUT2D eigenvalue weighted by Crippen LogP contribution is -2.20. The van der Waals surface area contributed by atoms with Gasteiger partial charge in [-0.1, -0.05) is 456 Å². The second-order valence-corrected chi connectivity index (χ2v) is 41.8. The number of nitrogens with zero attached hydrogens (tertiary/aromatic N) is 3. The van der Waals surface area contributed by atoms with Crippen molar-refractivity contribution >= 4 is 73.1 Å². The van der Waals surface area contributed by atoms with Crippen LogP contribution in [0.5, 0.6) is 0 Å². The van der Waals surface area contributed by atoms with Gasteiger partial charge in [0.2, 0.25) is 0 Å². The number of hydrogen-bond acceptors (Lipinski definition) is 4. The summed E-state index contributed by atoms with van der Waals surface area (Å²) in [5, 5.41) is 2.29. The van der Waals surface area contributed by atoms with Crippen LogP contribution in [0.2, 0.25) is 0 Å². The first-order valence-corrected chi connectivity index (χ1v) is 51.7. The zero-order valence-corrected chi connectivity index (χ0v) is 84.5. The summed E-state index contributed by atoms with van der Waals surface area (Å²) in [5.74, 6) is 0. The second kappa shape index (κ2) is 37.3. The number of furan rings is 1. The van der Waals surface area contributed by atoms with Crippen LogP contribution < -0.4 is 14.7 Å². The highest BCUT2D eigenvalue weighted by molar-refractivity contribution is 6.07. The Morgan fingerprint density at radius 1 is 0.149 bits per heavy atom. The predicted octanol–water partition coefficient (Wildman–Crippen LogP) is 39.9. The molecule has 27 rings (SSSR count). The van der Waals surface area contributed by atoms with Crippen LogP contribution in [0.3, 0.4) is 0 Å². The van der Waals surface area contributed by atoms with E-state index in [1.165, 1.54) is 184 Å². The summed E-state index contributed by atoms with van der Waals surface area (Å²) in [5.41, 5.74) is 52.9. The molecule has 0 saturated heterocycles. The third-order valence-electron chi connectivity index (χ3n) is 31.7. The van der Waals surface area contributed by atoms with Gasteiger partial charge in [0, 0.05) is 77.8 Å². The van der Waals surface area contributed by atoms with Crippen molar-refractivity contribution < 1.29 is 4.42 Å². The molecule has 0 atom stereocenters. The highest BCUT2D eigenvalue weighted by Gasteiger charge is 2.42. The van der Waals surface area contributed by atoms with E-state index in [9.17, 15) is 0 Å². The van der Waals surface area contributed by atoms with E-state index in [0.29, 0.717) is 0 Å². The Morgan fingerprint density at radius 3 is 0.939 bits per heavy atom. The normalized spacial score (nSPS) is 13.4. The van der Waals surface area contributed by atoms with Crippen LogP contribution in [0, 0.1) is 0 Å². The number of anilines is 9. The van der Waals surface area contributed by atoms with Crippen molar-refractivity contribution in [1.82, 2.24) is 0 Å². The molecule has 148 heavy (non-hydrogen) atoms. The van der Waals surface area contributed by atoms with E-state index in [1.54, 1.807) is 0 Å². The standard InChI is InChI=1S/C51H39N.C48H39N.C45H33NO/c1-51(2)47-23-13-12-21-45(47)50-44(22-14-24-48(50)51)40-27-32-43(33-28-40)52(42-30-25-38(26-31-42)36-15-6-3-7-16-36)49-34-29-41(37-17-8-4-9-18-37)35-46(49)39-19-10-5-11-20-39;1-47(2)43-16-10-8-14-39(43)41-28-22-35(30-45(41)47)34-20-25-37(26-21-34)49(36-23-18-33(19-24-36)32-12-6-5-7-13-32)38-27-29-42-40-15-9-11-17-44(40)48(3,4)46(42)31-38;1-45(2)40-16-8-6-13-36(40)38-15-10-17-41(44(38)45)46(34-24-19-31(20-25-34)30-11-4-3-5-12-30)35-26-21-32(22-27-35)33-23-28-43-39(29-33)37-14-7-9-18-42(37)47-43/h3-35H,1-2H3;5-31H,1-4H3;3-29H,1-2H3. The molecule has 23 aromatic rings. The van der Waals surface area contributed by atoms with Gasteiger partial charge >= 0.3 is 0 Å². The maximum absolute atomic E-state index is 6.10. The van der Waals surface area contributed by atoms with E-state index >= 15 is 0 Å². The summed E-state index contributed by atoms with van der Waals surface area (Å²) >= 11 is 0. The lowest BCUT2D eigenvalue weighted by molar-refractivity contribution is 0.660. The van der Waals surface area contributed by atoms with Gasteiger partial charge in [0.05, 0.1) is 11.4 Å². The summed E-state index contributed by atoms with van der Waals surface area (Å²) < 4.78 is 6.10. The average Bonchev–Trinajstić information content (AvgIpc) is 1.58. The molecule has 0 saturated carbocycles. The molecule has 0 amide bonds. The minimum absolute atomic E-state index is 0.0222. The van der Waals surface area contributed by atoms with E-state index in [2.05, 4.69) is 586 Å². The molecular formula is C144H111N3O. The van der Waals surface area contributed by atoms with Crippen molar-refractivity contribution in [2.45, 2.75) is 77.0 Å². The number of benzene rings is 22. The first kappa shape index (κ1) is 91.3. The fourth-order valence-electron chi connectivity index (χ4n) is 24.0. The number of hydrogen-bond donors (Lipinski definition) is 0. The third-order valence-corrected chi connectivity index (χ3v) is 31.7. The Balaban J connectivity index is 0.000000115. The smallest absolute Gasteiger partial charge is 0.135 e. The molecule has 1 heterocycles. The summed E-state index contributed by atoms with van der Waals surface area (Å²) in [4.78, 5) is 7.24. The molecule has 0 fully saturated rings. The molecule has 22 aromatic carbocycles. The summed E-state index contributed by atoms with van der Waals surface area (Å²) in [6, 6.07) is 192. The number of para-hydroxylation sites is 1. The summed E-state index contributed by atoms with van der Waals surface area (Å²) in [6.45, 7) is 18.8. The Hall–Kier alpha value is -18.0. The minimum Gasteiger partial charge on any atom is -0.456 e. The SMILES string of the molecule is CC1(C)c2ccccc2-c2c(-c3ccc(N(c4ccc(-c5ccccc5)cc4)c4ccc(-c5ccccc5)cc4-c4ccccc4)cc3)cccc21.CC1(C)c2ccccc2-c2ccc(-c3ccc(N(c4ccc(-c5ccccc5)cc4)c4ccc5c(c4)C(C)(C)c4ccccc4-5)cc3)cc21.CC1(C)c2ccccc2-c2cccc(N(c3ccc(-c4ccccc4)cc3)c3ccc(-c4ccc5oc6ccccc6c5c4)cc3)c21. The van der Waals surface area contributed by atoms with E-state index in [1.807, 2.05) is 12.1 Å². The molecule has 4 nitrogen and oxygen atoms in total. The van der Waals surface area contributed by atoms with Gasteiger partial charge in [-0.05, 0) is 300 Å². The molecule has 0 unspecified atom stereocenters. The first-order chi connectivity index (χ1) is 72.4. The van der Waals surface area contributed by atoms with Gasteiger partial charge in [0.15, 0.2) is 0 Å². The molecule has 1 aromatic heterocycles. The van der Waals surface area contributed by atoms with Crippen LogP contribution in [0.25, 0.3) is 155 Å². The molecule has 4 aliphatic carbocycles. The lowest BCUT2D eigenvalue weighted by atomic mass is 9.81. The molecule has 4 heteroatoms. The molecule has 0 aliphatic heterocycles. The fraction of sp³-hybridized carbons (Fsp3) is 0.0833. The van der Waals surface area contributed by atoms with Crippen molar-refractivity contribution in [2.75, 3.05) is 14.7 Å². The largest absolute Gasteiger partial charge is 0.456 e. The van der Waals surface area contributed by atoms with Gasteiger partial charge in [-0.25, -0.2) is 0 Å². The molecular weight excluding hydrogens is 1790 g/mol. The van der Waals surface area contributed by atoms with Crippen LogP contribution in [0.1, 0.15) is 99.9 Å². The molecule has 0 radical (unpaired) electrons. The topological polar surface area (TPSA) is 22.9 Å². The van der Waals surface area contributed by atoms with Gasteiger partial charge in [-0.15, -0.1) is 0 Å². The van der Waals surface area contributed by atoms with Crippen LogP contribution in [-0.4, -0.2) is 0 Å². The van der Waals surface area contributed by atoms with Gasteiger partial charge in [-0.3, -0.25) is 0 Å². The summed E-state index contributed by atoms with van der Waals surface area (Å²) in [7, 11) is 0. The van der Waals surface area contributed by atoms with Crippen molar-refractivity contribution in [3.8, 4) is 134 Å². The van der Waals surface area contributed by atoms with Gasteiger partial charge in [0.25, 0.3) is 0 Å². The highest BCUT2D eigenvalue weighted by Crippen LogP contribution is 2.59. The number of fused-ring (bicyclic) bond motifs is 15. The van der Waals surface area contributed by atoms with Crippen molar-refractivity contribution in [1.29, 1.82) is 0 Å². The maximum atomic E-state index is 6.10. The van der Waals surface area contributed by atoms with Gasteiger partial charge < -0.3 is 19.1 Å². The zero-order chi connectivity index (χ0) is 99.9. The van der Waals surface area contributed by atoms with E-state index in [-0.39, 0.29) is 21.7 Å². The Kier molecular flexibility index (Phi) is 23.0. The Bertz CT molecular complexity index is 8930. The quantitative estimate of drug-likeness (QED) is 0.0906. The van der Waals surface area contributed by atoms with Gasteiger partial charge in [0.1, 0.15) is 11.2 Å². The molecule has 0 spiro atoms. The molecule has 0 N–H and O–H groups in total. The van der Waals surface area contributed by atoms with Crippen LogP contribution >= 0.6 is 0 Å². The van der Waals surface area contributed by atoms with Crippen LogP contribution in [-0.2, 0) is 21.7 Å². The van der Waals surface area contributed by atoms with Crippen LogP contribution in [0.15, 0.2) is 532 Å². The maximum Gasteiger partial charge on any atom is 0.135 e. The van der Waals surface area contributed by atoms with E-state index in [4.69, 9.17) is 4.42 Å². The first-order valence-electron chi connectivity index (χ1n) is 51.7. The molecule has 708 valence electrons. The van der Waals surface area contributed by atoms with Crippen LogP contribution in [0.4, 0.5) is 51.2 Å². The van der Waals surface area contributed by atoms with Gasteiger partial charge in [-0.2, -0.15) is 0 Å². The fourth-order valence-corrected chi connectivity index (χ4v) is 24.0. The minimum atomic E-state index is -0.145. The Morgan fingerprint density at radius 2 is 0.439 bits per heavy atom. The van der Waals surface area contributed by atoms with E-state index in [0.717, 1.165) is 67.4 Å². The molecule has 0 bridgehead atoms. The average molecular weight is 1900 g/mol. The highest BCUT2D eigenvalue weighted by atomic mass is 16.3. The zero-order valence-electron chi connectivity index (χ0n) is 84.5. The Labute approximate surface area is 868 Å². The predicted molar refractivity (Wildman–Crippen MR) is 624 cm³/mol. The second-order valence-electron chi connectivity index (χ2n) is 41.8. The lowest BCUT2D eigenvalue weighted by Gasteiger charge is -2.32. The summed E-state index contributed by atoms with van der Waals surface area (Å²) in [6.07, 6.45) is 0. The third kappa shape index (κ3) is 16.2. The van der Waals surface area contributed by atoms with E-state index < -0.39 is 0 Å². The van der Waals surface area contributed by atoms with Crippen molar-refractivity contribution in [3.63, 3.8) is 0 Å². The van der Waals surface area contributed by atoms with Crippen molar-refractivity contribution in [2.24, 2.45) is 0 Å².